The van der Waals surface area contributed by atoms with Crippen LogP contribution in [0.25, 0.3) is 22.4 Å². The molecule has 2 aliphatic heterocycles. The predicted octanol–water partition coefficient (Wildman–Crippen LogP) is 2.59. The molecule has 1 atom stereocenters. The largest absolute Gasteiger partial charge is 0.507 e. The van der Waals surface area contributed by atoms with Crippen LogP contribution in [0.2, 0.25) is 0 Å². The van der Waals surface area contributed by atoms with Crippen molar-refractivity contribution in [2.75, 3.05) is 43.0 Å². The average molecular weight is 491 g/mol. The van der Waals surface area contributed by atoms with Gasteiger partial charge in [-0.3, -0.25) is 0 Å². The van der Waals surface area contributed by atoms with E-state index in [-0.39, 0.29) is 30.6 Å². The molecule has 1 aromatic carbocycles. The summed E-state index contributed by atoms with van der Waals surface area (Å²) in [6.45, 7) is 4.59. The molecule has 1 saturated carbocycles. The highest BCUT2D eigenvalue weighted by molar-refractivity contribution is 5.85. The number of anilines is 2. The zero-order valence-electron chi connectivity index (χ0n) is 18.4. The molecular weight excluding hydrogens is 463 g/mol. The third-order valence-electron chi connectivity index (χ3n) is 6.63. The third kappa shape index (κ3) is 4.32. The standard InChI is InChI=1S/C22H26N8O.2ClH/c1-28-8-9-30-21(28)17(11-25-30)15-4-5-16(20(31)10-15)18-12-24-22(27-26-18)29-7-6-23-19(13-29)14-2-3-14;;/h4-5,10-12,14,19,23,31H,2-3,6-9,13H2,1H3;2*1H/t19-;;/m1../s1. The van der Waals surface area contributed by atoms with Gasteiger partial charge in [0.05, 0.1) is 18.9 Å². The number of aromatic hydroxyl groups is 1. The summed E-state index contributed by atoms with van der Waals surface area (Å²) in [5, 5.41) is 27.5. The fraction of sp³-hybridized carbons (Fsp3) is 0.455. The highest BCUT2D eigenvalue weighted by Crippen LogP contribution is 2.38. The van der Waals surface area contributed by atoms with Gasteiger partial charge < -0.3 is 20.2 Å². The first-order chi connectivity index (χ1) is 15.2. The molecule has 0 unspecified atom stereocenters. The SMILES string of the molecule is CN1CCn2ncc(-c3ccc(-c4cnc(N5CCN[C@@H](C6CC6)C5)nn4)c(O)c3)c21.Cl.Cl. The molecule has 0 spiro atoms. The van der Waals surface area contributed by atoms with E-state index in [9.17, 15) is 5.11 Å². The van der Waals surface area contributed by atoms with Gasteiger partial charge in [0.1, 0.15) is 17.3 Å². The van der Waals surface area contributed by atoms with E-state index in [0.717, 1.165) is 55.6 Å². The molecule has 3 aliphatic rings. The summed E-state index contributed by atoms with van der Waals surface area (Å²) < 4.78 is 2.00. The van der Waals surface area contributed by atoms with Crippen molar-refractivity contribution in [3.8, 4) is 28.1 Å². The molecule has 3 aromatic rings. The van der Waals surface area contributed by atoms with Crippen LogP contribution in [0, 0.1) is 5.92 Å². The Bertz CT molecular complexity index is 1120. The van der Waals surface area contributed by atoms with E-state index in [1.54, 1.807) is 12.3 Å². The number of halogens is 2. The lowest BCUT2D eigenvalue weighted by atomic mass is 10.0. The van der Waals surface area contributed by atoms with Gasteiger partial charge in [-0.25, -0.2) is 9.67 Å². The van der Waals surface area contributed by atoms with Crippen LogP contribution in [0.15, 0.2) is 30.6 Å². The highest BCUT2D eigenvalue weighted by atomic mass is 35.5. The molecule has 4 heterocycles. The first-order valence-corrected chi connectivity index (χ1v) is 11.0. The maximum atomic E-state index is 10.7. The van der Waals surface area contributed by atoms with E-state index in [1.807, 2.05) is 23.0 Å². The Labute approximate surface area is 205 Å². The summed E-state index contributed by atoms with van der Waals surface area (Å²) in [4.78, 5) is 8.95. The molecule has 1 saturated heterocycles. The lowest BCUT2D eigenvalue weighted by molar-refractivity contribution is 0.414. The lowest BCUT2D eigenvalue weighted by Gasteiger charge is -2.33. The van der Waals surface area contributed by atoms with Gasteiger partial charge in [0.15, 0.2) is 0 Å². The molecular formula is C22H28Cl2N8O. The number of aromatic nitrogens is 5. The van der Waals surface area contributed by atoms with Crippen LogP contribution >= 0.6 is 24.8 Å². The molecule has 0 amide bonds. The highest BCUT2D eigenvalue weighted by Gasteiger charge is 2.34. The number of benzene rings is 1. The number of phenolic OH excluding ortho intramolecular Hbond substituents is 1. The fourth-order valence-electron chi connectivity index (χ4n) is 4.73. The quantitative estimate of drug-likeness (QED) is 0.575. The molecule has 6 rings (SSSR count). The van der Waals surface area contributed by atoms with Crippen molar-refractivity contribution in [2.45, 2.75) is 25.4 Å². The molecule has 0 bridgehead atoms. The van der Waals surface area contributed by atoms with Crippen molar-refractivity contribution in [2.24, 2.45) is 5.92 Å². The zero-order valence-corrected chi connectivity index (χ0v) is 20.0. The van der Waals surface area contributed by atoms with Gasteiger partial charge >= 0.3 is 0 Å². The van der Waals surface area contributed by atoms with Gasteiger partial charge in [-0.2, -0.15) is 5.10 Å². The van der Waals surface area contributed by atoms with Crippen molar-refractivity contribution in [3.05, 3.63) is 30.6 Å². The van der Waals surface area contributed by atoms with E-state index in [4.69, 9.17) is 0 Å². The third-order valence-corrected chi connectivity index (χ3v) is 6.63. The van der Waals surface area contributed by atoms with Gasteiger partial charge in [-0.1, -0.05) is 6.07 Å². The summed E-state index contributed by atoms with van der Waals surface area (Å²) in [5.74, 6) is 2.70. The Hall–Kier alpha value is -2.62. The predicted molar refractivity (Wildman–Crippen MR) is 133 cm³/mol. The first kappa shape index (κ1) is 23.5. The van der Waals surface area contributed by atoms with Gasteiger partial charge in [0, 0.05) is 50.4 Å². The van der Waals surface area contributed by atoms with Crippen molar-refractivity contribution in [1.29, 1.82) is 0 Å². The van der Waals surface area contributed by atoms with Gasteiger partial charge in [0.2, 0.25) is 5.95 Å². The summed E-state index contributed by atoms with van der Waals surface area (Å²) in [6.07, 6.45) is 6.20. The fourth-order valence-corrected chi connectivity index (χ4v) is 4.73. The first-order valence-electron chi connectivity index (χ1n) is 11.0. The van der Waals surface area contributed by atoms with Crippen LogP contribution < -0.4 is 15.1 Å². The Morgan fingerprint density at radius 3 is 2.61 bits per heavy atom. The second-order valence-electron chi connectivity index (χ2n) is 8.75. The Balaban J connectivity index is 0.00000130. The minimum atomic E-state index is 0. The number of hydrogen-bond donors (Lipinski definition) is 2. The number of nitrogens with zero attached hydrogens (tertiary/aromatic N) is 7. The second-order valence-corrected chi connectivity index (χ2v) is 8.75. The van der Waals surface area contributed by atoms with Crippen molar-refractivity contribution >= 4 is 36.6 Å². The Morgan fingerprint density at radius 1 is 1.03 bits per heavy atom. The van der Waals surface area contributed by atoms with Gasteiger partial charge in [-0.15, -0.1) is 35.0 Å². The molecule has 2 N–H and O–H groups in total. The molecule has 2 aromatic heterocycles. The van der Waals surface area contributed by atoms with Crippen LogP contribution in [-0.2, 0) is 6.54 Å². The summed E-state index contributed by atoms with van der Waals surface area (Å²) in [7, 11) is 2.06. The number of fused-ring (bicyclic) bond motifs is 1. The monoisotopic (exact) mass is 490 g/mol. The van der Waals surface area contributed by atoms with Crippen molar-refractivity contribution < 1.29 is 5.11 Å². The normalized spacial score (nSPS) is 19.6. The molecule has 33 heavy (non-hydrogen) atoms. The molecule has 1 aliphatic carbocycles. The van der Waals surface area contributed by atoms with E-state index in [2.05, 4.69) is 42.4 Å². The number of piperazine rings is 1. The van der Waals surface area contributed by atoms with Gasteiger partial charge in [0.25, 0.3) is 0 Å². The number of rotatable bonds is 4. The van der Waals surface area contributed by atoms with Crippen molar-refractivity contribution in [3.63, 3.8) is 0 Å². The molecule has 0 radical (unpaired) electrons. The van der Waals surface area contributed by atoms with Gasteiger partial charge in [-0.05, 0) is 36.5 Å². The molecule has 11 heteroatoms. The summed E-state index contributed by atoms with van der Waals surface area (Å²) in [5.41, 5.74) is 3.15. The van der Waals surface area contributed by atoms with E-state index in [1.165, 1.54) is 12.8 Å². The number of nitrogens with one attached hydrogen (secondary N) is 1. The average Bonchev–Trinajstić information content (AvgIpc) is 3.47. The van der Waals surface area contributed by atoms with Crippen molar-refractivity contribution in [1.82, 2.24) is 30.3 Å². The van der Waals surface area contributed by atoms with E-state index >= 15 is 0 Å². The van der Waals surface area contributed by atoms with E-state index in [0.29, 0.717) is 23.2 Å². The molecule has 2 fully saturated rings. The second kappa shape index (κ2) is 9.32. The topological polar surface area (TPSA) is 95.2 Å². The zero-order chi connectivity index (χ0) is 20.9. The number of likely N-dealkylation sites (N-methyl/N-ethyl adjacent to an activating group) is 1. The van der Waals surface area contributed by atoms with Crippen LogP contribution in [0.4, 0.5) is 11.8 Å². The molecule has 9 nitrogen and oxygen atoms in total. The van der Waals surface area contributed by atoms with Crippen LogP contribution in [0.3, 0.4) is 0 Å². The lowest BCUT2D eigenvalue weighted by Crippen LogP contribution is -2.52. The number of hydrogen-bond acceptors (Lipinski definition) is 8. The smallest absolute Gasteiger partial charge is 0.245 e. The van der Waals surface area contributed by atoms with Crippen LogP contribution in [0.5, 0.6) is 5.75 Å². The van der Waals surface area contributed by atoms with Crippen LogP contribution in [-0.4, -0.2) is 69.3 Å². The minimum Gasteiger partial charge on any atom is -0.507 e. The van der Waals surface area contributed by atoms with E-state index < -0.39 is 0 Å². The Kier molecular flexibility index (Phi) is 6.65. The Morgan fingerprint density at radius 2 is 1.88 bits per heavy atom. The maximum absolute atomic E-state index is 10.7. The minimum absolute atomic E-state index is 0. The maximum Gasteiger partial charge on any atom is 0.245 e. The molecule has 176 valence electrons. The number of phenols is 1. The summed E-state index contributed by atoms with van der Waals surface area (Å²) >= 11 is 0. The summed E-state index contributed by atoms with van der Waals surface area (Å²) in [6, 6.07) is 6.16. The van der Waals surface area contributed by atoms with Crippen LogP contribution in [0.1, 0.15) is 12.8 Å².